The molecule has 1 spiro atoms. The van der Waals surface area contributed by atoms with Crippen molar-refractivity contribution in [1.82, 2.24) is 4.31 Å². The molecule has 1 aromatic rings. The third-order valence-electron chi connectivity index (χ3n) is 7.34. The monoisotopic (exact) mass is 380 g/mol. The van der Waals surface area contributed by atoms with Gasteiger partial charge in [-0.3, -0.25) is 4.79 Å². The van der Waals surface area contributed by atoms with Gasteiger partial charge in [0.05, 0.1) is 17.8 Å². The second kappa shape index (κ2) is 5.52. The van der Waals surface area contributed by atoms with E-state index in [1.165, 1.54) is 6.07 Å². The molecule has 3 fully saturated rings. The van der Waals surface area contributed by atoms with E-state index in [1.54, 1.807) is 18.2 Å². The van der Waals surface area contributed by atoms with Crippen molar-refractivity contribution in [2.75, 3.05) is 5.75 Å². The van der Waals surface area contributed by atoms with Crippen LogP contribution in [-0.2, 0) is 21.2 Å². The molecule has 3 aliphatic rings. The fourth-order valence-electron chi connectivity index (χ4n) is 5.73. The summed E-state index contributed by atoms with van der Waals surface area (Å²) in [5.41, 5.74) is 5.90. The third-order valence-corrected chi connectivity index (χ3v) is 9.26. The molecule has 1 saturated heterocycles. The summed E-state index contributed by atoms with van der Waals surface area (Å²) in [6.45, 7) is 4.26. The van der Waals surface area contributed by atoms with Gasteiger partial charge < -0.3 is 5.73 Å². The van der Waals surface area contributed by atoms with E-state index in [2.05, 4.69) is 13.8 Å². The van der Waals surface area contributed by atoms with Crippen LogP contribution in [0.3, 0.4) is 0 Å². The number of carbonyl (C=O) groups excluding carboxylic acids is 1. The summed E-state index contributed by atoms with van der Waals surface area (Å²) in [6, 6.07) is 4.75. The van der Waals surface area contributed by atoms with E-state index in [0.29, 0.717) is 17.9 Å². The van der Waals surface area contributed by atoms with Crippen molar-refractivity contribution in [3.8, 4) is 0 Å². The van der Waals surface area contributed by atoms with E-state index in [0.717, 1.165) is 17.1 Å². The Hall–Kier alpha value is -1.47. The number of hydrogen-bond acceptors (Lipinski definition) is 4. The number of nitrogens with two attached hydrogens (primary N) is 1. The third kappa shape index (κ3) is 2.22. The van der Waals surface area contributed by atoms with Crippen molar-refractivity contribution in [2.45, 2.75) is 51.6 Å². The average Bonchev–Trinajstić information content (AvgIpc) is 3.03. The number of nitrogens with zero attached hydrogens (tertiary/aromatic N) is 1. The summed E-state index contributed by atoms with van der Waals surface area (Å²) in [7, 11) is -3.70. The number of sulfonamides is 1. The maximum Gasteiger partial charge on any atom is 0.253 e. The van der Waals surface area contributed by atoms with Gasteiger partial charge in [-0.15, -0.1) is 0 Å². The summed E-state index contributed by atoms with van der Waals surface area (Å²) in [4.78, 5) is 13.0. The molecule has 26 heavy (non-hydrogen) atoms. The highest BCUT2D eigenvalue weighted by Gasteiger charge is 2.72. The van der Waals surface area contributed by atoms with E-state index in [-0.39, 0.29) is 29.0 Å². The van der Waals surface area contributed by atoms with E-state index in [1.807, 2.05) is 0 Å². The molecule has 4 atom stereocenters. The molecule has 0 aromatic heterocycles. The molecule has 142 valence electrons. The van der Waals surface area contributed by atoms with E-state index in [9.17, 15) is 17.6 Å². The van der Waals surface area contributed by atoms with Crippen molar-refractivity contribution in [2.24, 2.45) is 22.5 Å². The van der Waals surface area contributed by atoms with Crippen LogP contribution in [0.4, 0.5) is 4.39 Å². The Kier molecular flexibility index (Phi) is 3.80. The van der Waals surface area contributed by atoms with Crippen LogP contribution in [0.1, 0.15) is 38.7 Å². The van der Waals surface area contributed by atoms with Gasteiger partial charge in [-0.1, -0.05) is 32.0 Å². The Morgan fingerprint density at radius 3 is 2.73 bits per heavy atom. The molecule has 2 saturated carbocycles. The zero-order valence-corrected chi connectivity index (χ0v) is 15.9. The largest absolute Gasteiger partial charge is 0.320 e. The lowest BCUT2D eigenvalue weighted by molar-refractivity contribution is -0.130. The maximum atomic E-state index is 13.9. The number of benzene rings is 1. The molecule has 2 aliphatic carbocycles. The molecule has 2 N–H and O–H groups in total. The lowest BCUT2D eigenvalue weighted by atomic mass is 9.69. The van der Waals surface area contributed by atoms with Crippen molar-refractivity contribution in [1.29, 1.82) is 0 Å². The van der Waals surface area contributed by atoms with Crippen LogP contribution in [0.5, 0.6) is 0 Å². The highest BCUT2D eigenvalue weighted by molar-refractivity contribution is 7.90. The SMILES string of the molecule is CC1(C)[C@H]2CC[C@@]13CS(=O)(=O)N(C(=O)[C@@H](N)Cc1ccccc1F)[C@H]3C2. The number of hydrogen-bond donors (Lipinski definition) is 1. The van der Waals surface area contributed by atoms with Crippen LogP contribution in [0, 0.1) is 22.6 Å². The lowest BCUT2D eigenvalue weighted by Crippen LogP contribution is -2.50. The summed E-state index contributed by atoms with van der Waals surface area (Å²) < 4.78 is 40.7. The fourth-order valence-corrected chi connectivity index (χ4v) is 8.31. The predicted molar refractivity (Wildman–Crippen MR) is 96.1 cm³/mol. The minimum atomic E-state index is -3.70. The number of rotatable bonds is 3. The van der Waals surface area contributed by atoms with Crippen molar-refractivity contribution in [3.63, 3.8) is 0 Å². The normalized spacial score (nSPS) is 34.7. The van der Waals surface area contributed by atoms with Gasteiger partial charge in [-0.25, -0.2) is 17.1 Å². The highest BCUT2D eigenvalue weighted by Crippen LogP contribution is 2.69. The molecule has 4 rings (SSSR count). The number of carbonyl (C=O) groups is 1. The Morgan fingerprint density at radius 1 is 1.38 bits per heavy atom. The van der Waals surface area contributed by atoms with Gasteiger partial charge in [0.1, 0.15) is 5.82 Å². The first-order chi connectivity index (χ1) is 12.1. The van der Waals surface area contributed by atoms with Gasteiger partial charge in [0.15, 0.2) is 0 Å². The van der Waals surface area contributed by atoms with Gasteiger partial charge in [0.25, 0.3) is 5.91 Å². The minimum absolute atomic E-state index is 0.00985. The number of amides is 1. The fraction of sp³-hybridized carbons (Fsp3) is 0.632. The molecule has 1 aliphatic heterocycles. The molecule has 5 nitrogen and oxygen atoms in total. The zero-order valence-electron chi connectivity index (χ0n) is 15.1. The summed E-state index contributed by atoms with van der Waals surface area (Å²) in [6.07, 6.45) is 2.55. The Balaban J connectivity index is 1.63. The Labute approximate surface area is 153 Å². The van der Waals surface area contributed by atoms with E-state index < -0.39 is 27.8 Å². The number of fused-ring (bicyclic) bond motifs is 1. The summed E-state index contributed by atoms with van der Waals surface area (Å²) >= 11 is 0. The van der Waals surface area contributed by atoms with E-state index >= 15 is 0 Å². The second-order valence-corrected chi connectivity index (χ2v) is 10.5. The van der Waals surface area contributed by atoms with Gasteiger partial charge in [-0.2, -0.15) is 0 Å². The molecule has 0 unspecified atom stereocenters. The van der Waals surface area contributed by atoms with Crippen LogP contribution in [0.25, 0.3) is 0 Å². The van der Waals surface area contributed by atoms with Gasteiger partial charge in [0, 0.05) is 5.41 Å². The summed E-state index contributed by atoms with van der Waals surface area (Å²) in [5, 5.41) is 0. The van der Waals surface area contributed by atoms with Crippen LogP contribution >= 0.6 is 0 Å². The van der Waals surface area contributed by atoms with Gasteiger partial charge in [0.2, 0.25) is 10.0 Å². The van der Waals surface area contributed by atoms with Crippen molar-refractivity contribution >= 4 is 15.9 Å². The Bertz CT molecular complexity index is 869. The molecular formula is C19H25FN2O3S. The molecule has 7 heteroatoms. The Morgan fingerprint density at radius 2 is 2.08 bits per heavy atom. The number of halogens is 1. The molecule has 0 radical (unpaired) electrons. The van der Waals surface area contributed by atoms with Gasteiger partial charge >= 0.3 is 0 Å². The van der Waals surface area contributed by atoms with E-state index in [4.69, 9.17) is 5.73 Å². The maximum absolute atomic E-state index is 13.9. The molecule has 1 amide bonds. The molecular weight excluding hydrogens is 355 g/mol. The van der Waals surface area contributed by atoms with Crippen LogP contribution in [0.15, 0.2) is 24.3 Å². The first-order valence-corrected chi connectivity index (χ1v) is 10.8. The first-order valence-electron chi connectivity index (χ1n) is 9.15. The smallest absolute Gasteiger partial charge is 0.253 e. The second-order valence-electron chi connectivity index (χ2n) is 8.66. The quantitative estimate of drug-likeness (QED) is 0.870. The topological polar surface area (TPSA) is 80.5 Å². The molecule has 2 bridgehead atoms. The van der Waals surface area contributed by atoms with Crippen LogP contribution < -0.4 is 5.73 Å². The lowest BCUT2D eigenvalue weighted by Gasteiger charge is -2.37. The van der Waals surface area contributed by atoms with Crippen molar-refractivity contribution in [3.05, 3.63) is 35.6 Å². The minimum Gasteiger partial charge on any atom is -0.320 e. The highest BCUT2D eigenvalue weighted by atomic mass is 32.2. The van der Waals surface area contributed by atoms with Crippen LogP contribution in [-0.4, -0.2) is 36.5 Å². The van der Waals surface area contributed by atoms with Crippen LogP contribution in [0.2, 0.25) is 0 Å². The standard InChI is InChI=1S/C19H25FN2O3S/c1-18(2)13-7-8-19(18)11-26(24,25)22(16(19)10-13)17(23)15(21)9-12-5-3-4-6-14(12)20/h3-6,13,15-16H,7-11,21H2,1-2H3/t13-,15-,16-,19-/m0/s1. The zero-order chi connectivity index (χ0) is 18.9. The summed E-state index contributed by atoms with van der Waals surface area (Å²) in [5.74, 6) is -0.580. The molecule has 1 heterocycles. The first kappa shape index (κ1) is 17.9. The van der Waals surface area contributed by atoms with Crippen molar-refractivity contribution < 1.29 is 17.6 Å². The predicted octanol–water partition coefficient (Wildman–Crippen LogP) is 2.06. The average molecular weight is 380 g/mol. The van der Waals surface area contributed by atoms with Gasteiger partial charge in [-0.05, 0) is 48.6 Å². The molecule has 1 aromatic carbocycles.